The van der Waals surface area contributed by atoms with E-state index >= 15 is 0 Å². The van der Waals surface area contributed by atoms with Crippen LogP contribution in [0.4, 0.5) is 4.79 Å². The van der Waals surface area contributed by atoms with Crippen LogP contribution in [0.15, 0.2) is 18.2 Å². The van der Waals surface area contributed by atoms with Crippen molar-refractivity contribution in [3.63, 3.8) is 0 Å². The Morgan fingerprint density at radius 3 is 2.52 bits per heavy atom. The number of aryl methyl sites for hydroxylation is 1. The maximum Gasteiger partial charge on any atom is 0.407 e. The smallest absolute Gasteiger partial charge is 0.407 e. The molecule has 6 nitrogen and oxygen atoms in total. The average molecular weight is 477 g/mol. The number of nitrogens with one attached hydrogen (secondary N) is 1. The van der Waals surface area contributed by atoms with Gasteiger partial charge in [-0.1, -0.05) is 37.4 Å². The molecule has 1 saturated carbocycles. The third kappa shape index (κ3) is 6.72. The molecule has 2 amide bonds. The molecule has 1 saturated heterocycles. The first-order valence-electron chi connectivity index (χ1n) is 12.1. The molecule has 182 valence electrons. The number of Topliss-reactive ketones (excluding diaryl/α,β-unsaturated/α-hetero) is 1. The predicted octanol–water partition coefficient (Wildman–Crippen LogP) is 5.44. The summed E-state index contributed by atoms with van der Waals surface area (Å²) in [5.41, 5.74) is 0.942. The summed E-state index contributed by atoms with van der Waals surface area (Å²) in [6.07, 6.45) is 5.99. The predicted molar refractivity (Wildman–Crippen MR) is 129 cm³/mol. The highest BCUT2D eigenvalue weighted by atomic mass is 35.5. The summed E-state index contributed by atoms with van der Waals surface area (Å²) in [5, 5.41) is 3.36. The summed E-state index contributed by atoms with van der Waals surface area (Å²) in [6, 6.07) is 5.17. The summed E-state index contributed by atoms with van der Waals surface area (Å²) in [6.45, 7) is 8.47. The third-order valence-corrected chi connectivity index (χ3v) is 6.97. The van der Waals surface area contributed by atoms with Gasteiger partial charge in [0.15, 0.2) is 5.78 Å². The summed E-state index contributed by atoms with van der Waals surface area (Å²) in [7, 11) is 0. The number of benzene rings is 1. The lowest BCUT2D eigenvalue weighted by atomic mass is 9.86. The fourth-order valence-electron chi connectivity index (χ4n) is 4.97. The molecule has 1 aromatic carbocycles. The molecule has 33 heavy (non-hydrogen) atoms. The first-order chi connectivity index (χ1) is 15.5. The van der Waals surface area contributed by atoms with Crippen LogP contribution in [-0.4, -0.2) is 40.9 Å². The summed E-state index contributed by atoms with van der Waals surface area (Å²) in [5.74, 6) is 0.259. The second-order valence-corrected chi connectivity index (χ2v) is 11.1. The molecule has 1 aliphatic carbocycles. The number of hydrogen-bond acceptors (Lipinski definition) is 4. The van der Waals surface area contributed by atoms with Crippen molar-refractivity contribution in [2.45, 2.75) is 97.2 Å². The van der Waals surface area contributed by atoms with Crippen LogP contribution in [-0.2, 0) is 27.3 Å². The zero-order valence-corrected chi connectivity index (χ0v) is 21.1. The maximum absolute atomic E-state index is 13.2. The van der Waals surface area contributed by atoms with Gasteiger partial charge in [0.2, 0.25) is 5.91 Å². The Hall–Kier alpha value is -2.08. The van der Waals surface area contributed by atoms with Crippen LogP contribution >= 0.6 is 11.6 Å². The second kappa shape index (κ2) is 10.5. The number of carbonyl (C=O) groups is 3. The Labute approximate surface area is 202 Å². The number of ketones is 1. The molecule has 0 unspecified atom stereocenters. The van der Waals surface area contributed by atoms with Gasteiger partial charge in [0.1, 0.15) is 5.60 Å². The van der Waals surface area contributed by atoms with E-state index in [-0.39, 0.29) is 23.1 Å². The number of rotatable bonds is 7. The molecule has 3 rings (SSSR count). The first kappa shape index (κ1) is 25.5. The molecule has 2 aliphatic rings. The van der Waals surface area contributed by atoms with Crippen molar-refractivity contribution in [2.24, 2.45) is 5.41 Å². The Morgan fingerprint density at radius 1 is 1.15 bits per heavy atom. The number of alkyl carbamates (subject to hydrolysis) is 1. The number of nitrogens with zero attached hydrogens (tertiary/aromatic N) is 1. The van der Waals surface area contributed by atoms with Gasteiger partial charge in [-0.2, -0.15) is 0 Å². The quantitative estimate of drug-likeness (QED) is 0.568. The minimum atomic E-state index is -0.570. The minimum Gasteiger partial charge on any atom is -0.444 e. The van der Waals surface area contributed by atoms with Gasteiger partial charge in [-0.15, -0.1) is 0 Å². The van der Waals surface area contributed by atoms with E-state index in [0.717, 1.165) is 49.7 Å². The van der Waals surface area contributed by atoms with Gasteiger partial charge < -0.3 is 15.0 Å². The molecule has 0 spiro atoms. The Bertz CT molecular complexity index is 887. The number of halogens is 1. The third-order valence-electron chi connectivity index (χ3n) is 6.74. The van der Waals surface area contributed by atoms with E-state index < -0.39 is 11.7 Å². The van der Waals surface area contributed by atoms with E-state index in [2.05, 4.69) is 12.2 Å². The van der Waals surface area contributed by atoms with Crippen molar-refractivity contribution in [1.82, 2.24) is 10.2 Å². The van der Waals surface area contributed by atoms with Crippen LogP contribution in [0, 0.1) is 5.41 Å². The lowest BCUT2D eigenvalue weighted by molar-refractivity contribution is -0.145. The van der Waals surface area contributed by atoms with E-state index in [9.17, 15) is 14.4 Å². The van der Waals surface area contributed by atoms with Crippen LogP contribution in [0.25, 0.3) is 0 Å². The van der Waals surface area contributed by atoms with E-state index in [4.69, 9.17) is 16.3 Å². The normalized spacial score (nSPS) is 20.0. The zero-order valence-electron chi connectivity index (χ0n) is 20.3. The molecular formula is C26H37ClN2O4. The van der Waals surface area contributed by atoms with Crippen LogP contribution in [0.2, 0.25) is 5.02 Å². The molecular weight excluding hydrogens is 440 g/mol. The molecule has 1 aliphatic heterocycles. The standard InChI is InChI=1S/C26H37ClN2O4/c1-25(2,3)33-24(32)28-17-19-9-11-20(27)16-18(19)10-12-22(30)21-8-7-15-29(21)23(31)26(4)13-5-6-14-26/h9,11,16,21H,5-8,10,12-15,17H2,1-4H3,(H,28,32)/t21-/m0/s1. The highest BCUT2D eigenvalue weighted by Gasteiger charge is 2.43. The highest BCUT2D eigenvalue weighted by molar-refractivity contribution is 6.30. The van der Waals surface area contributed by atoms with Crippen LogP contribution in [0.3, 0.4) is 0 Å². The second-order valence-electron chi connectivity index (χ2n) is 10.7. The molecule has 1 N–H and O–H groups in total. The number of hydrogen-bond donors (Lipinski definition) is 1. The van der Waals surface area contributed by atoms with E-state index in [1.807, 2.05) is 37.8 Å². The van der Waals surface area contributed by atoms with Crippen LogP contribution < -0.4 is 5.32 Å². The van der Waals surface area contributed by atoms with Crippen LogP contribution in [0.5, 0.6) is 0 Å². The van der Waals surface area contributed by atoms with Crippen molar-refractivity contribution in [1.29, 1.82) is 0 Å². The first-order valence-corrected chi connectivity index (χ1v) is 12.4. The number of carbonyl (C=O) groups excluding carboxylic acids is 3. The van der Waals surface area contributed by atoms with Crippen molar-refractivity contribution in [2.75, 3.05) is 6.54 Å². The van der Waals surface area contributed by atoms with Gasteiger partial charge in [0.25, 0.3) is 0 Å². The molecule has 1 atom stereocenters. The van der Waals surface area contributed by atoms with E-state index in [0.29, 0.717) is 31.0 Å². The van der Waals surface area contributed by atoms with Gasteiger partial charge in [0.05, 0.1) is 6.04 Å². The Morgan fingerprint density at radius 2 is 1.85 bits per heavy atom. The fourth-order valence-corrected chi connectivity index (χ4v) is 5.16. The SMILES string of the molecule is CC(C)(C)OC(=O)NCc1ccc(Cl)cc1CCC(=O)[C@@H]1CCCN1C(=O)C1(C)CCCC1. The van der Waals surface area contributed by atoms with Crippen molar-refractivity contribution in [3.8, 4) is 0 Å². The average Bonchev–Trinajstić information content (AvgIpc) is 3.39. The van der Waals surface area contributed by atoms with E-state index in [1.54, 1.807) is 6.07 Å². The van der Waals surface area contributed by atoms with Gasteiger partial charge >= 0.3 is 6.09 Å². The monoisotopic (exact) mass is 476 g/mol. The van der Waals surface area contributed by atoms with Gasteiger partial charge in [-0.3, -0.25) is 9.59 Å². The molecule has 0 bridgehead atoms. The largest absolute Gasteiger partial charge is 0.444 e. The lowest BCUT2D eigenvalue weighted by Crippen LogP contribution is -2.46. The molecule has 0 radical (unpaired) electrons. The van der Waals surface area contributed by atoms with Crippen LogP contribution in [0.1, 0.15) is 83.8 Å². The Kier molecular flexibility index (Phi) is 8.09. The lowest BCUT2D eigenvalue weighted by Gasteiger charge is -2.32. The molecule has 0 aromatic heterocycles. The molecule has 1 aromatic rings. The summed E-state index contributed by atoms with van der Waals surface area (Å²) < 4.78 is 5.31. The minimum absolute atomic E-state index is 0.105. The highest BCUT2D eigenvalue weighted by Crippen LogP contribution is 2.40. The fraction of sp³-hybridized carbons (Fsp3) is 0.654. The molecule has 7 heteroatoms. The number of ether oxygens (including phenoxy) is 1. The van der Waals surface area contributed by atoms with E-state index in [1.165, 1.54) is 0 Å². The number of likely N-dealkylation sites (tertiary alicyclic amines) is 1. The molecule has 2 fully saturated rings. The molecule has 1 heterocycles. The van der Waals surface area contributed by atoms with Crippen molar-refractivity contribution in [3.05, 3.63) is 34.3 Å². The van der Waals surface area contributed by atoms with Crippen molar-refractivity contribution < 1.29 is 19.1 Å². The van der Waals surface area contributed by atoms with Gasteiger partial charge in [-0.05, 0) is 76.1 Å². The van der Waals surface area contributed by atoms with Crippen molar-refractivity contribution >= 4 is 29.4 Å². The zero-order chi connectivity index (χ0) is 24.2. The maximum atomic E-state index is 13.2. The Balaban J connectivity index is 1.61. The van der Waals surface area contributed by atoms with Gasteiger partial charge in [0, 0.05) is 29.9 Å². The summed E-state index contributed by atoms with van der Waals surface area (Å²) >= 11 is 6.21. The van der Waals surface area contributed by atoms with Gasteiger partial charge in [-0.25, -0.2) is 4.79 Å². The topological polar surface area (TPSA) is 75.7 Å². The summed E-state index contributed by atoms with van der Waals surface area (Å²) in [4.78, 5) is 40.2. The number of amides is 2.